The third-order valence-electron chi connectivity index (χ3n) is 3.77. The monoisotopic (exact) mass is 279 g/mol. The van der Waals surface area contributed by atoms with Crippen LogP contribution in [0.25, 0.3) is 0 Å². The standard InChI is InChI=1S/C17H17N3O/c1-21-15-8-6-14(7-9-15)19-17-13(11-18)10-12-4-2-3-5-16(12)20-17/h6-10H,2-5H2,1H3,(H,19,20). The highest BCUT2D eigenvalue weighted by Crippen LogP contribution is 2.26. The van der Waals surface area contributed by atoms with Crippen molar-refractivity contribution in [2.75, 3.05) is 12.4 Å². The normalized spacial score (nSPS) is 13.1. The van der Waals surface area contributed by atoms with Crippen LogP contribution >= 0.6 is 0 Å². The van der Waals surface area contributed by atoms with Gasteiger partial charge in [-0.1, -0.05) is 0 Å². The molecular weight excluding hydrogens is 262 g/mol. The largest absolute Gasteiger partial charge is 0.497 e. The van der Waals surface area contributed by atoms with Gasteiger partial charge in [0.25, 0.3) is 0 Å². The summed E-state index contributed by atoms with van der Waals surface area (Å²) in [4.78, 5) is 4.66. The number of aromatic nitrogens is 1. The Labute approximate surface area is 124 Å². The van der Waals surface area contributed by atoms with Crippen molar-refractivity contribution < 1.29 is 4.74 Å². The Morgan fingerprint density at radius 3 is 2.67 bits per heavy atom. The number of anilines is 2. The number of ether oxygens (including phenoxy) is 1. The third kappa shape index (κ3) is 2.82. The molecule has 4 heteroatoms. The quantitative estimate of drug-likeness (QED) is 0.933. The molecule has 0 aliphatic heterocycles. The lowest BCUT2D eigenvalue weighted by molar-refractivity contribution is 0.415. The molecule has 0 radical (unpaired) electrons. The first-order valence-electron chi connectivity index (χ1n) is 7.14. The minimum absolute atomic E-state index is 0.603. The number of nitrogens with one attached hydrogen (secondary N) is 1. The molecule has 106 valence electrons. The smallest absolute Gasteiger partial charge is 0.148 e. The van der Waals surface area contributed by atoms with E-state index in [1.807, 2.05) is 30.3 Å². The van der Waals surface area contributed by atoms with Gasteiger partial charge < -0.3 is 10.1 Å². The molecule has 0 bridgehead atoms. The molecule has 0 saturated heterocycles. The van der Waals surface area contributed by atoms with E-state index in [0.717, 1.165) is 30.0 Å². The molecule has 0 unspecified atom stereocenters. The number of nitriles is 1. The first-order valence-corrected chi connectivity index (χ1v) is 7.14. The molecule has 1 aliphatic carbocycles. The molecule has 0 fully saturated rings. The van der Waals surface area contributed by atoms with Crippen molar-refractivity contribution in [2.24, 2.45) is 0 Å². The Balaban J connectivity index is 1.91. The van der Waals surface area contributed by atoms with Crippen LogP contribution in [0.15, 0.2) is 30.3 Å². The highest BCUT2D eigenvalue weighted by molar-refractivity contribution is 5.64. The average molecular weight is 279 g/mol. The molecule has 0 spiro atoms. The number of rotatable bonds is 3. The van der Waals surface area contributed by atoms with Crippen molar-refractivity contribution in [1.29, 1.82) is 5.26 Å². The zero-order chi connectivity index (χ0) is 14.7. The van der Waals surface area contributed by atoms with Crippen LogP contribution in [0.5, 0.6) is 5.75 Å². The third-order valence-corrected chi connectivity index (χ3v) is 3.77. The van der Waals surface area contributed by atoms with Crippen LogP contribution in [0.3, 0.4) is 0 Å². The Bertz CT molecular complexity index is 686. The van der Waals surface area contributed by atoms with E-state index in [2.05, 4.69) is 16.4 Å². The molecule has 0 atom stereocenters. The van der Waals surface area contributed by atoms with Gasteiger partial charge in [-0.05, 0) is 61.6 Å². The minimum atomic E-state index is 0.603. The molecule has 1 N–H and O–H groups in total. The number of benzene rings is 1. The highest BCUT2D eigenvalue weighted by atomic mass is 16.5. The second-order valence-electron chi connectivity index (χ2n) is 5.16. The number of hydrogen-bond acceptors (Lipinski definition) is 4. The second-order valence-corrected chi connectivity index (χ2v) is 5.16. The Hall–Kier alpha value is -2.54. The van der Waals surface area contributed by atoms with E-state index in [1.54, 1.807) is 7.11 Å². The van der Waals surface area contributed by atoms with Crippen molar-refractivity contribution in [3.8, 4) is 11.8 Å². The average Bonchev–Trinajstić information content (AvgIpc) is 2.55. The van der Waals surface area contributed by atoms with E-state index in [1.165, 1.54) is 18.4 Å². The van der Waals surface area contributed by atoms with E-state index in [4.69, 9.17) is 4.74 Å². The van der Waals surface area contributed by atoms with Gasteiger partial charge in [0.15, 0.2) is 0 Å². The van der Waals surface area contributed by atoms with Crippen LogP contribution in [-0.2, 0) is 12.8 Å². The molecule has 3 rings (SSSR count). The summed E-state index contributed by atoms with van der Waals surface area (Å²) in [7, 11) is 1.64. The van der Waals surface area contributed by atoms with Crippen molar-refractivity contribution in [3.05, 3.63) is 47.2 Å². The van der Waals surface area contributed by atoms with Crippen LogP contribution in [-0.4, -0.2) is 12.1 Å². The predicted octanol–water partition coefficient (Wildman–Crippen LogP) is 3.58. The molecule has 0 amide bonds. The molecule has 1 heterocycles. The number of fused-ring (bicyclic) bond motifs is 1. The van der Waals surface area contributed by atoms with Gasteiger partial charge in [0.05, 0.1) is 12.7 Å². The highest BCUT2D eigenvalue weighted by Gasteiger charge is 2.15. The zero-order valence-corrected chi connectivity index (χ0v) is 12.0. The van der Waals surface area contributed by atoms with Crippen molar-refractivity contribution >= 4 is 11.5 Å². The molecular formula is C17H17N3O. The maximum absolute atomic E-state index is 9.33. The van der Waals surface area contributed by atoms with Crippen LogP contribution in [0.2, 0.25) is 0 Å². The number of hydrogen-bond donors (Lipinski definition) is 1. The number of nitrogens with zero attached hydrogens (tertiary/aromatic N) is 2. The van der Waals surface area contributed by atoms with Gasteiger partial charge in [0.1, 0.15) is 17.6 Å². The van der Waals surface area contributed by atoms with Crippen LogP contribution in [0.1, 0.15) is 29.7 Å². The van der Waals surface area contributed by atoms with Crippen LogP contribution in [0, 0.1) is 11.3 Å². The Morgan fingerprint density at radius 1 is 1.19 bits per heavy atom. The number of pyridine rings is 1. The first kappa shape index (κ1) is 13.4. The predicted molar refractivity (Wildman–Crippen MR) is 81.9 cm³/mol. The first-order chi connectivity index (χ1) is 10.3. The van der Waals surface area contributed by atoms with E-state index < -0.39 is 0 Å². The molecule has 1 aromatic carbocycles. The summed E-state index contributed by atoms with van der Waals surface area (Å²) in [5, 5.41) is 12.6. The summed E-state index contributed by atoms with van der Waals surface area (Å²) in [6.07, 6.45) is 4.39. The maximum atomic E-state index is 9.33. The molecule has 1 aliphatic rings. The van der Waals surface area contributed by atoms with Crippen LogP contribution < -0.4 is 10.1 Å². The van der Waals surface area contributed by atoms with E-state index in [0.29, 0.717) is 11.4 Å². The fourth-order valence-electron chi connectivity index (χ4n) is 2.63. The van der Waals surface area contributed by atoms with Gasteiger partial charge in [-0.25, -0.2) is 4.98 Å². The zero-order valence-electron chi connectivity index (χ0n) is 12.0. The van der Waals surface area contributed by atoms with E-state index in [-0.39, 0.29) is 0 Å². The van der Waals surface area contributed by atoms with Gasteiger partial charge >= 0.3 is 0 Å². The Kier molecular flexibility index (Phi) is 3.74. The lowest BCUT2D eigenvalue weighted by atomic mass is 9.95. The number of aryl methyl sites for hydroxylation is 2. The van der Waals surface area contributed by atoms with Gasteiger partial charge in [0, 0.05) is 11.4 Å². The van der Waals surface area contributed by atoms with E-state index >= 15 is 0 Å². The molecule has 0 saturated carbocycles. The fourth-order valence-corrected chi connectivity index (χ4v) is 2.63. The van der Waals surface area contributed by atoms with Crippen molar-refractivity contribution in [2.45, 2.75) is 25.7 Å². The number of methoxy groups -OCH3 is 1. The second kappa shape index (κ2) is 5.84. The minimum Gasteiger partial charge on any atom is -0.497 e. The van der Waals surface area contributed by atoms with Crippen molar-refractivity contribution in [3.63, 3.8) is 0 Å². The van der Waals surface area contributed by atoms with Gasteiger partial charge in [0.2, 0.25) is 0 Å². The molecule has 2 aromatic rings. The summed E-state index contributed by atoms with van der Waals surface area (Å²) in [6.45, 7) is 0. The summed E-state index contributed by atoms with van der Waals surface area (Å²) in [6, 6.07) is 11.8. The Morgan fingerprint density at radius 2 is 1.95 bits per heavy atom. The topological polar surface area (TPSA) is 57.9 Å². The summed E-state index contributed by atoms with van der Waals surface area (Å²) in [5.41, 5.74) is 3.84. The fraction of sp³-hybridized carbons (Fsp3) is 0.294. The molecule has 21 heavy (non-hydrogen) atoms. The molecule has 4 nitrogen and oxygen atoms in total. The van der Waals surface area contributed by atoms with Crippen molar-refractivity contribution in [1.82, 2.24) is 4.98 Å². The van der Waals surface area contributed by atoms with Gasteiger partial charge in [-0.15, -0.1) is 0 Å². The SMILES string of the molecule is COc1ccc(Nc2nc3c(cc2C#N)CCCC3)cc1. The molecule has 1 aromatic heterocycles. The summed E-state index contributed by atoms with van der Waals surface area (Å²) < 4.78 is 5.14. The van der Waals surface area contributed by atoms with E-state index in [9.17, 15) is 5.26 Å². The van der Waals surface area contributed by atoms with Crippen LogP contribution in [0.4, 0.5) is 11.5 Å². The van der Waals surface area contributed by atoms with Gasteiger partial charge in [-0.3, -0.25) is 0 Å². The summed E-state index contributed by atoms with van der Waals surface area (Å²) in [5.74, 6) is 1.45. The lowest BCUT2D eigenvalue weighted by Gasteiger charge is -2.17. The van der Waals surface area contributed by atoms with Gasteiger partial charge in [-0.2, -0.15) is 5.26 Å². The maximum Gasteiger partial charge on any atom is 0.148 e. The summed E-state index contributed by atoms with van der Waals surface area (Å²) >= 11 is 0. The lowest BCUT2D eigenvalue weighted by Crippen LogP contribution is -2.08.